The normalized spacial score (nSPS) is 14.4. The number of ether oxygens (including phenoxy) is 1. The van der Waals surface area contributed by atoms with Crippen LogP contribution in [0.1, 0.15) is 19.3 Å². The van der Waals surface area contributed by atoms with Crippen molar-refractivity contribution in [2.75, 3.05) is 44.3 Å². The summed E-state index contributed by atoms with van der Waals surface area (Å²) in [6.07, 6.45) is 3.80. The minimum atomic E-state index is -0.368. The minimum absolute atomic E-state index is 0.335. The van der Waals surface area contributed by atoms with Crippen molar-refractivity contribution in [3.05, 3.63) is 54.3 Å². The van der Waals surface area contributed by atoms with Crippen LogP contribution < -0.4 is 15.8 Å². The fraction of sp³-hybridized carbons (Fsp3) is 0.320. The van der Waals surface area contributed by atoms with E-state index in [0.29, 0.717) is 39.9 Å². The number of rotatable bonds is 7. The van der Waals surface area contributed by atoms with E-state index in [4.69, 9.17) is 15.5 Å². The zero-order chi connectivity index (χ0) is 23.5. The van der Waals surface area contributed by atoms with E-state index in [1.807, 2.05) is 24.3 Å². The van der Waals surface area contributed by atoms with Crippen molar-refractivity contribution < 1.29 is 9.13 Å². The number of nitrogens with two attached hydrogens (primary N) is 1. The number of aromatic nitrogens is 4. The minimum Gasteiger partial charge on any atom is -0.496 e. The number of nitrogen functional groups attached to an aromatic ring is 1. The number of para-hydroxylation sites is 1. The molecule has 176 valence electrons. The van der Waals surface area contributed by atoms with E-state index in [-0.39, 0.29) is 5.82 Å². The summed E-state index contributed by atoms with van der Waals surface area (Å²) in [7, 11) is 1.62. The number of halogens is 1. The number of benzene rings is 2. The lowest BCUT2D eigenvalue weighted by molar-refractivity contribution is 0.237. The molecule has 1 aliphatic heterocycles. The highest BCUT2D eigenvalue weighted by Crippen LogP contribution is 2.37. The molecular weight excluding hydrogens is 433 g/mol. The number of fused-ring (bicyclic) bond motifs is 1. The monoisotopic (exact) mass is 461 g/mol. The van der Waals surface area contributed by atoms with Crippen LogP contribution in [0.2, 0.25) is 0 Å². The Balaban J connectivity index is 1.57. The molecule has 0 unspecified atom stereocenters. The summed E-state index contributed by atoms with van der Waals surface area (Å²) in [4.78, 5) is 11.9. The van der Waals surface area contributed by atoms with Gasteiger partial charge in [0.15, 0.2) is 5.65 Å². The van der Waals surface area contributed by atoms with E-state index in [0.717, 1.165) is 31.7 Å². The van der Waals surface area contributed by atoms with Gasteiger partial charge in [0.2, 0.25) is 5.95 Å². The van der Waals surface area contributed by atoms with E-state index in [1.165, 1.54) is 36.1 Å². The van der Waals surface area contributed by atoms with Crippen LogP contribution >= 0.6 is 0 Å². The maximum atomic E-state index is 13.9. The largest absolute Gasteiger partial charge is 0.496 e. The number of hydrogen-bond donors (Lipinski definition) is 2. The van der Waals surface area contributed by atoms with Crippen molar-refractivity contribution in [1.82, 2.24) is 24.6 Å². The van der Waals surface area contributed by atoms with Crippen LogP contribution in [0.5, 0.6) is 5.75 Å². The Labute approximate surface area is 197 Å². The Morgan fingerprint density at radius 3 is 2.68 bits per heavy atom. The second kappa shape index (κ2) is 9.64. The molecule has 3 N–H and O–H groups in total. The molecule has 8 nitrogen and oxygen atoms in total. The average molecular weight is 462 g/mol. The van der Waals surface area contributed by atoms with Gasteiger partial charge in [-0.15, -0.1) is 5.10 Å². The molecule has 0 saturated carbocycles. The summed E-state index contributed by atoms with van der Waals surface area (Å²) < 4.78 is 21.0. The number of piperidine rings is 1. The standard InChI is InChI=1S/C25H28FN7O/c1-34-20-11-4-3-10-19(20)22-21-23(27)33(18-9-7-8-17(26)16-18)31-24(21)30-25(29-22)28-12-15-32-13-5-2-6-14-32/h3-4,7-11,16H,2,5-6,12-15,27H2,1H3,(H,28,30,31). The fourth-order valence-corrected chi connectivity index (χ4v) is 4.44. The number of likely N-dealkylation sites (tertiary alicyclic amines) is 1. The second-order valence-electron chi connectivity index (χ2n) is 8.40. The van der Waals surface area contributed by atoms with Crippen molar-refractivity contribution in [1.29, 1.82) is 0 Å². The molecule has 0 amide bonds. The second-order valence-corrected chi connectivity index (χ2v) is 8.40. The molecule has 0 radical (unpaired) electrons. The molecule has 3 heterocycles. The summed E-state index contributed by atoms with van der Waals surface area (Å²) >= 11 is 0. The van der Waals surface area contributed by atoms with Gasteiger partial charge in [-0.3, -0.25) is 0 Å². The van der Waals surface area contributed by atoms with Crippen molar-refractivity contribution in [3.63, 3.8) is 0 Å². The fourth-order valence-electron chi connectivity index (χ4n) is 4.44. The van der Waals surface area contributed by atoms with Gasteiger partial charge in [0.1, 0.15) is 17.4 Å². The summed E-state index contributed by atoms with van der Waals surface area (Å²) in [6, 6.07) is 13.8. The van der Waals surface area contributed by atoms with E-state index in [2.05, 4.69) is 20.3 Å². The molecule has 34 heavy (non-hydrogen) atoms. The number of nitrogens with one attached hydrogen (secondary N) is 1. The Kier molecular flexibility index (Phi) is 6.27. The number of hydrogen-bond acceptors (Lipinski definition) is 7. The SMILES string of the molecule is COc1ccccc1-c1nc(NCCN2CCCCC2)nc2nn(-c3cccc(F)c3)c(N)c12. The predicted molar refractivity (Wildman–Crippen MR) is 132 cm³/mol. The van der Waals surface area contributed by atoms with E-state index in [9.17, 15) is 4.39 Å². The van der Waals surface area contributed by atoms with Crippen LogP contribution in [0.3, 0.4) is 0 Å². The van der Waals surface area contributed by atoms with E-state index < -0.39 is 0 Å². The van der Waals surface area contributed by atoms with Crippen LogP contribution in [0.15, 0.2) is 48.5 Å². The highest BCUT2D eigenvalue weighted by Gasteiger charge is 2.21. The lowest BCUT2D eigenvalue weighted by atomic mass is 10.1. The van der Waals surface area contributed by atoms with Gasteiger partial charge in [-0.05, 0) is 56.3 Å². The van der Waals surface area contributed by atoms with Gasteiger partial charge < -0.3 is 20.7 Å². The van der Waals surface area contributed by atoms with Gasteiger partial charge in [-0.2, -0.15) is 4.98 Å². The topological polar surface area (TPSA) is 94.1 Å². The van der Waals surface area contributed by atoms with Crippen LogP contribution in [0.25, 0.3) is 28.0 Å². The Morgan fingerprint density at radius 2 is 1.88 bits per heavy atom. The van der Waals surface area contributed by atoms with Crippen molar-refractivity contribution in [2.24, 2.45) is 0 Å². The average Bonchev–Trinajstić information content (AvgIpc) is 3.20. The molecular formula is C25H28FN7O. The molecule has 4 aromatic rings. The number of methoxy groups -OCH3 is 1. The summed E-state index contributed by atoms with van der Waals surface area (Å²) in [5.74, 6) is 1.10. The lowest BCUT2D eigenvalue weighted by Crippen LogP contribution is -2.33. The Hall–Kier alpha value is -3.72. The molecule has 9 heteroatoms. The van der Waals surface area contributed by atoms with Gasteiger partial charge in [0.05, 0.1) is 23.9 Å². The Morgan fingerprint density at radius 1 is 1.06 bits per heavy atom. The molecule has 1 saturated heterocycles. The zero-order valence-electron chi connectivity index (χ0n) is 19.2. The zero-order valence-corrected chi connectivity index (χ0v) is 19.2. The molecule has 0 bridgehead atoms. The maximum Gasteiger partial charge on any atom is 0.225 e. The first-order valence-electron chi connectivity index (χ1n) is 11.6. The quantitative estimate of drug-likeness (QED) is 0.428. The first-order valence-corrected chi connectivity index (χ1v) is 11.6. The van der Waals surface area contributed by atoms with Gasteiger partial charge in [0.25, 0.3) is 0 Å². The lowest BCUT2D eigenvalue weighted by Gasteiger charge is -2.26. The number of nitrogens with zero attached hydrogens (tertiary/aromatic N) is 5. The first-order chi connectivity index (χ1) is 16.6. The molecule has 1 fully saturated rings. The van der Waals surface area contributed by atoms with Gasteiger partial charge >= 0.3 is 0 Å². The Bertz CT molecular complexity index is 1300. The summed E-state index contributed by atoms with van der Waals surface area (Å²) in [5, 5.41) is 8.55. The molecule has 0 atom stereocenters. The maximum absolute atomic E-state index is 13.9. The van der Waals surface area contributed by atoms with Crippen molar-refractivity contribution in [2.45, 2.75) is 19.3 Å². The number of anilines is 2. The molecule has 1 aliphatic rings. The van der Waals surface area contributed by atoms with Crippen LogP contribution in [-0.4, -0.2) is 57.9 Å². The molecule has 0 spiro atoms. The molecule has 5 rings (SSSR count). The molecule has 0 aliphatic carbocycles. The third kappa shape index (κ3) is 4.38. The molecule has 2 aromatic carbocycles. The highest BCUT2D eigenvalue weighted by molar-refractivity contribution is 6.00. The van der Waals surface area contributed by atoms with Crippen LogP contribution in [0.4, 0.5) is 16.2 Å². The third-order valence-electron chi connectivity index (χ3n) is 6.14. The van der Waals surface area contributed by atoms with Gasteiger partial charge in [0, 0.05) is 18.7 Å². The highest BCUT2D eigenvalue weighted by atomic mass is 19.1. The van der Waals surface area contributed by atoms with Crippen LogP contribution in [-0.2, 0) is 0 Å². The van der Waals surface area contributed by atoms with Gasteiger partial charge in [-0.25, -0.2) is 14.1 Å². The summed E-state index contributed by atoms with van der Waals surface area (Å²) in [6.45, 7) is 3.90. The smallest absolute Gasteiger partial charge is 0.225 e. The van der Waals surface area contributed by atoms with Crippen LogP contribution in [0, 0.1) is 5.82 Å². The predicted octanol–water partition coefficient (Wildman–Crippen LogP) is 4.11. The van der Waals surface area contributed by atoms with Gasteiger partial charge in [-0.1, -0.05) is 24.6 Å². The van der Waals surface area contributed by atoms with Crippen molar-refractivity contribution >= 4 is 22.8 Å². The van der Waals surface area contributed by atoms with Crippen molar-refractivity contribution in [3.8, 4) is 22.7 Å². The third-order valence-corrected chi connectivity index (χ3v) is 6.14. The summed E-state index contributed by atoms with van der Waals surface area (Å²) in [5.41, 5.74) is 8.87. The van der Waals surface area contributed by atoms with E-state index in [1.54, 1.807) is 19.2 Å². The molecule has 2 aromatic heterocycles. The first kappa shape index (κ1) is 22.1. The van der Waals surface area contributed by atoms with E-state index >= 15 is 0 Å².